The van der Waals surface area contributed by atoms with Gasteiger partial charge in [0.05, 0.1) is 0 Å². The van der Waals surface area contributed by atoms with Gasteiger partial charge in [-0.2, -0.15) is 0 Å². The van der Waals surface area contributed by atoms with Crippen LogP contribution in [0.15, 0.2) is 11.4 Å². The van der Waals surface area contributed by atoms with E-state index in [1.54, 1.807) is 13.8 Å². The van der Waals surface area contributed by atoms with E-state index >= 15 is 0 Å². The number of hydrogen-bond acceptors (Lipinski definition) is 4. The molecule has 1 aromatic rings. The molecule has 0 spiro atoms. The van der Waals surface area contributed by atoms with Crippen LogP contribution in [0.1, 0.15) is 43.7 Å². The third kappa shape index (κ3) is 2.54. The summed E-state index contributed by atoms with van der Waals surface area (Å²) in [5.74, 6) is -0.126. The van der Waals surface area contributed by atoms with Gasteiger partial charge in [-0.15, -0.1) is 11.3 Å². The van der Waals surface area contributed by atoms with Crippen LogP contribution in [0.3, 0.4) is 0 Å². The fraction of sp³-hybridized carbons (Fsp3) is 0.625. The molecule has 0 unspecified atom stereocenters. The Morgan fingerprint density at radius 2 is 2.14 bits per heavy atom. The lowest BCUT2D eigenvalue weighted by molar-refractivity contribution is -0.130. The summed E-state index contributed by atoms with van der Waals surface area (Å²) in [6.45, 7) is 7.90. The summed E-state index contributed by atoms with van der Waals surface area (Å²) in [5.41, 5.74) is 0.653. The molecule has 0 aliphatic carbocycles. The van der Waals surface area contributed by atoms with E-state index in [1.165, 1.54) is 15.3 Å². The number of thiophene rings is 1. The van der Waals surface area contributed by atoms with Crippen molar-refractivity contribution < 1.29 is 9.59 Å². The first-order chi connectivity index (χ1) is 10.4. The average Bonchev–Trinajstić information content (AvgIpc) is 3.01. The maximum atomic E-state index is 12.2. The van der Waals surface area contributed by atoms with E-state index in [-0.39, 0.29) is 11.9 Å². The standard InChI is InChI=1S/C16H23N3O2S/c1-4-12-11-6-10-22-13(11)5-7-18(12)8-9-19-14(20)16(2,3)17-15(19)21/h6,10,12H,4-5,7-9H2,1-3H3,(H,17,21)/t12-/m1/s1. The van der Waals surface area contributed by atoms with Gasteiger partial charge in [0, 0.05) is 30.6 Å². The lowest BCUT2D eigenvalue weighted by atomic mass is 9.98. The highest BCUT2D eigenvalue weighted by molar-refractivity contribution is 7.10. The fourth-order valence-electron chi connectivity index (χ4n) is 3.44. The van der Waals surface area contributed by atoms with Gasteiger partial charge in [0.2, 0.25) is 0 Å². The van der Waals surface area contributed by atoms with Crippen LogP contribution in [0.4, 0.5) is 4.79 Å². The van der Waals surface area contributed by atoms with Gasteiger partial charge in [0.25, 0.3) is 5.91 Å². The van der Waals surface area contributed by atoms with Gasteiger partial charge in [-0.1, -0.05) is 6.92 Å². The molecule has 1 atom stereocenters. The molecule has 1 N–H and O–H groups in total. The molecule has 1 saturated heterocycles. The predicted molar refractivity (Wildman–Crippen MR) is 87.0 cm³/mol. The smallest absolute Gasteiger partial charge is 0.324 e. The van der Waals surface area contributed by atoms with Crippen molar-refractivity contribution in [1.82, 2.24) is 15.1 Å². The number of carbonyl (C=O) groups is 2. The second kappa shape index (κ2) is 5.66. The van der Waals surface area contributed by atoms with Crippen LogP contribution in [-0.4, -0.2) is 46.9 Å². The number of carbonyl (C=O) groups excluding carboxylic acids is 2. The van der Waals surface area contributed by atoms with Crippen molar-refractivity contribution in [3.05, 3.63) is 21.9 Å². The van der Waals surface area contributed by atoms with Crippen LogP contribution < -0.4 is 5.32 Å². The van der Waals surface area contributed by atoms with Crippen molar-refractivity contribution in [2.45, 2.75) is 45.2 Å². The van der Waals surface area contributed by atoms with E-state index in [0.717, 1.165) is 25.9 Å². The van der Waals surface area contributed by atoms with E-state index < -0.39 is 5.54 Å². The number of rotatable bonds is 4. The lowest BCUT2D eigenvalue weighted by Crippen LogP contribution is -2.43. The van der Waals surface area contributed by atoms with Gasteiger partial charge < -0.3 is 5.32 Å². The summed E-state index contributed by atoms with van der Waals surface area (Å²) in [6, 6.07) is 2.36. The largest absolute Gasteiger partial charge is 0.325 e. The third-order valence-electron chi connectivity index (χ3n) is 4.65. The molecule has 6 heteroatoms. The first-order valence-electron chi connectivity index (χ1n) is 7.88. The second-order valence-corrected chi connectivity index (χ2v) is 7.52. The van der Waals surface area contributed by atoms with Crippen molar-refractivity contribution >= 4 is 23.3 Å². The van der Waals surface area contributed by atoms with Crippen molar-refractivity contribution in [3.63, 3.8) is 0 Å². The van der Waals surface area contributed by atoms with Gasteiger partial charge in [-0.25, -0.2) is 4.79 Å². The molecule has 3 amide bonds. The number of imide groups is 1. The minimum Gasteiger partial charge on any atom is -0.324 e. The summed E-state index contributed by atoms with van der Waals surface area (Å²) >= 11 is 1.84. The Morgan fingerprint density at radius 1 is 1.36 bits per heavy atom. The highest BCUT2D eigenvalue weighted by Crippen LogP contribution is 2.35. The van der Waals surface area contributed by atoms with Gasteiger partial charge in [0.1, 0.15) is 5.54 Å². The molecule has 120 valence electrons. The third-order valence-corrected chi connectivity index (χ3v) is 5.64. The van der Waals surface area contributed by atoms with Gasteiger partial charge in [-0.05, 0) is 43.7 Å². The Hall–Kier alpha value is -1.40. The topological polar surface area (TPSA) is 52.6 Å². The number of fused-ring (bicyclic) bond motifs is 1. The number of hydrogen-bond donors (Lipinski definition) is 1. The molecule has 0 saturated carbocycles. The second-order valence-electron chi connectivity index (χ2n) is 6.52. The molecule has 1 fully saturated rings. The summed E-state index contributed by atoms with van der Waals surface area (Å²) in [5, 5.41) is 4.90. The molecule has 1 aromatic heterocycles. The number of nitrogens with zero attached hydrogens (tertiary/aromatic N) is 2. The Morgan fingerprint density at radius 3 is 2.77 bits per heavy atom. The van der Waals surface area contributed by atoms with Crippen LogP contribution in [0.2, 0.25) is 0 Å². The Bertz CT molecular complexity index is 596. The van der Waals surface area contributed by atoms with E-state index in [4.69, 9.17) is 0 Å². The van der Waals surface area contributed by atoms with E-state index in [0.29, 0.717) is 12.6 Å². The quantitative estimate of drug-likeness (QED) is 0.866. The number of nitrogens with one attached hydrogen (secondary N) is 1. The van der Waals surface area contributed by atoms with Crippen LogP contribution in [0, 0.1) is 0 Å². The molecule has 2 aliphatic rings. The van der Waals surface area contributed by atoms with E-state index in [9.17, 15) is 9.59 Å². The zero-order valence-corrected chi connectivity index (χ0v) is 14.2. The van der Waals surface area contributed by atoms with E-state index in [2.05, 4.69) is 28.6 Å². The Labute approximate surface area is 135 Å². The summed E-state index contributed by atoms with van der Waals surface area (Å²) in [6.07, 6.45) is 2.12. The molecule has 3 rings (SSSR count). The number of urea groups is 1. The van der Waals surface area contributed by atoms with Crippen LogP contribution in [-0.2, 0) is 11.2 Å². The maximum absolute atomic E-state index is 12.2. The highest BCUT2D eigenvalue weighted by atomic mass is 32.1. The molecule has 0 aromatic carbocycles. The van der Waals surface area contributed by atoms with Crippen LogP contribution >= 0.6 is 11.3 Å². The minimum atomic E-state index is -0.774. The van der Waals surface area contributed by atoms with Crippen molar-refractivity contribution in [3.8, 4) is 0 Å². The van der Waals surface area contributed by atoms with Crippen molar-refractivity contribution in [2.24, 2.45) is 0 Å². The van der Waals surface area contributed by atoms with Gasteiger partial charge in [-0.3, -0.25) is 14.6 Å². The monoisotopic (exact) mass is 321 g/mol. The minimum absolute atomic E-state index is 0.126. The zero-order chi connectivity index (χ0) is 15.9. The average molecular weight is 321 g/mol. The van der Waals surface area contributed by atoms with E-state index in [1.807, 2.05) is 11.3 Å². The van der Waals surface area contributed by atoms with Crippen LogP contribution in [0.5, 0.6) is 0 Å². The molecular weight excluding hydrogens is 298 g/mol. The zero-order valence-electron chi connectivity index (χ0n) is 13.4. The Kier molecular flexibility index (Phi) is 3.99. The first kappa shape index (κ1) is 15.5. The highest BCUT2D eigenvalue weighted by Gasteiger charge is 2.44. The maximum Gasteiger partial charge on any atom is 0.325 e. The van der Waals surface area contributed by atoms with Crippen molar-refractivity contribution in [2.75, 3.05) is 19.6 Å². The molecule has 3 heterocycles. The fourth-order valence-corrected chi connectivity index (χ4v) is 4.37. The van der Waals surface area contributed by atoms with Gasteiger partial charge in [0.15, 0.2) is 0 Å². The Balaban J connectivity index is 1.67. The molecule has 0 radical (unpaired) electrons. The lowest BCUT2D eigenvalue weighted by Gasteiger charge is -2.36. The molecular formula is C16H23N3O2S. The summed E-state index contributed by atoms with van der Waals surface area (Å²) in [7, 11) is 0. The molecule has 22 heavy (non-hydrogen) atoms. The normalized spacial score (nSPS) is 24.5. The summed E-state index contributed by atoms with van der Waals surface area (Å²) < 4.78 is 0. The molecule has 2 aliphatic heterocycles. The first-order valence-corrected chi connectivity index (χ1v) is 8.76. The number of amides is 3. The predicted octanol–water partition coefficient (Wildman–Crippen LogP) is 2.39. The van der Waals surface area contributed by atoms with Crippen molar-refractivity contribution in [1.29, 1.82) is 0 Å². The molecule has 5 nitrogen and oxygen atoms in total. The van der Waals surface area contributed by atoms with Crippen LogP contribution in [0.25, 0.3) is 0 Å². The summed E-state index contributed by atoms with van der Waals surface area (Å²) in [4.78, 5) is 29.4. The molecule has 0 bridgehead atoms. The van der Waals surface area contributed by atoms with Gasteiger partial charge >= 0.3 is 6.03 Å². The SMILES string of the molecule is CC[C@@H]1c2ccsc2CCN1CCN1C(=O)NC(C)(C)C1=O.